The van der Waals surface area contributed by atoms with Gasteiger partial charge in [0.05, 0.1) is 11.7 Å². The monoisotopic (exact) mass is 361 g/mol. The molecule has 1 saturated heterocycles. The zero-order chi connectivity index (χ0) is 18.2. The minimum absolute atomic E-state index is 0.0126. The maximum atomic E-state index is 13.5. The maximum Gasteiger partial charge on any atom is 0.326 e. The van der Waals surface area contributed by atoms with E-state index < -0.39 is 5.91 Å². The van der Waals surface area contributed by atoms with Crippen LogP contribution in [0.5, 0.6) is 5.75 Å². The minimum Gasteiger partial charge on any atom is -0.439 e. The van der Waals surface area contributed by atoms with Gasteiger partial charge in [0, 0.05) is 18.0 Å². The van der Waals surface area contributed by atoms with Crippen LogP contribution in [-0.2, 0) is 10.6 Å². The van der Waals surface area contributed by atoms with E-state index in [9.17, 15) is 4.79 Å². The van der Waals surface area contributed by atoms with E-state index in [-0.39, 0.29) is 12.0 Å². The quantitative estimate of drug-likeness (QED) is 0.768. The first-order chi connectivity index (χ1) is 13.2. The molecule has 0 aromatic heterocycles. The predicted octanol–water partition coefficient (Wildman–Crippen LogP) is 4.09. The highest BCUT2D eigenvalue weighted by Gasteiger charge is 2.61. The summed E-state index contributed by atoms with van der Waals surface area (Å²) in [4.78, 5) is 15.3. The summed E-state index contributed by atoms with van der Waals surface area (Å²) in [6, 6.07) is 15.7. The predicted molar refractivity (Wildman–Crippen MR) is 100 cm³/mol. The Morgan fingerprint density at radius 3 is 2.67 bits per heavy atom. The summed E-state index contributed by atoms with van der Waals surface area (Å²) in [5.74, 6) is 1.19. The number of fused-ring (bicyclic) bond motifs is 7. The fourth-order valence-corrected chi connectivity index (χ4v) is 5.74. The van der Waals surface area contributed by atoms with Crippen LogP contribution in [0.2, 0.25) is 0 Å². The molecule has 4 nitrogen and oxygen atoms in total. The molecule has 5 atom stereocenters. The van der Waals surface area contributed by atoms with E-state index in [0.717, 1.165) is 5.56 Å². The first kappa shape index (κ1) is 15.7. The van der Waals surface area contributed by atoms with Crippen molar-refractivity contribution >= 4 is 5.91 Å². The van der Waals surface area contributed by atoms with Crippen molar-refractivity contribution in [2.75, 3.05) is 6.54 Å². The Morgan fingerprint density at radius 1 is 1.04 bits per heavy atom. The van der Waals surface area contributed by atoms with Crippen LogP contribution in [0.25, 0.3) is 0 Å². The molecule has 4 heteroatoms. The van der Waals surface area contributed by atoms with E-state index in [1.165, 1.54) is 24.8 Å². The van der Waals surface area contributed by atoms with Gasteiger partial charge in [0.1, 0.15) is 5.75 Å². The largest absolute Gasteiger partial charge is 0.439 e. The van der Waals surface area contributed by atoms with Gasteiger partial charge < -0.3 is 9.47 Å². The Labute approximate surface area is 159 Å². The van der Waals surface area contributed by atoms with Crippen molar-refractivity contribution in [3.8, 4) is 5.75 Å². The lowest BCUT2D eigenvalue weighted by Gasteiger charge is -2.54. The topological polar surface area (TPSA) is 38.8 Å². The van der Waals surface area contributed by atoms with Gasteiger partial charge >= 0.3 is 5.91 Å². The molecular weight excluding hydrogens is 338 g/mol. The molecule has 2 aromatic rings. The minimum atomic E-state index is -1.15. The summed E-state index contributed by atoms with van der Waals surface area (Å²) < 4.78 is 13.3. The van der Waals surface area contributed by atoms with E-state index in [1.54, 1.807) is 0 Å². The highest BCUT2D eigenvalue weighted by molar-refractivity contribution is 5.98. The zero-order valence-corrected chi connectivity index (χ0v) is 15.4. The van der Waals surface area contributed by atoms with Gasteiger partial charge in [-0.3, -0.25) is 9.69 Å². The van der Waals surface area contributed by atoms with Crippen molar-refractivity contribution in [1.82, 2.24) is 4.90 Å². The number of nitrogens with zero attached hydrogens (tertiary/aromatic N) is 1. The first-order valence-electron chi connectivity index (χ1n) is 10.0. The molecule has 0 spiro atoms. The van der Waals surface area contributed by atoms with Gasteiger partial charge in [-0.2, -0.15) is 0 Å². The van der Waals surface area contributed by atoms with Crippen molar-refractivity contribution in [2.24, 2.45) is 17.8 Å². The summed E-state index contributed by atoms with van der Waals surface area (Å²) >= 11 is 0. The molecule has 3 fully saturated rings. The third-order valence-electron chi connectivity index (χ3n) is 7.08. The summed E-state index contributed by atoms with van der Waals surface area (Å²) in [5, 5.41) is 0. The molecule has 0 radical (unpaired) electrons. The SMILES string of the molecule is Cc1ccc([C@@]23Oc4ccccc4C(=O)N2C[C@@H]2[C@H]4CC[C@H](C4)[C@@H]2O3)cc1. The number of rotatable bonds is 1. The van der Waals surface area contributed by atoms with Crippen LogP contribution < -0.4 is 4.74 Å². The van der Waals surface area contributed by atoms with Gasteiger partial charge in [-0.25, -0.2) is 0 Å². The smallest absolute Gasteiger partial charge is 0.326 e. The van der Waals surface area contributed by atoms with Gasteiger partial charge in [0.2, 0.25) is 0 Å². The standard InChI is InChI=1S/C23H23NO3/c1-14-6-10-17(11-7-14)23-24(22(25)18-4-2-3-5-20(18)26-23)13-19-15-8-9-16(12-15)21(19)27-23/h2-7,10-11,15-16,19,21H,8-9,12-13H2,1H3/t15-,16+,19+,21-,23-/m0/s1. The van der Waals surface area contributed by atoms with Crippen LogP contribution >= 0.6 is 0 Å². The number of amides is 1. The number of hydrogen-bond donors (Lipinski definition) is 0. The number of ether oxygens (including phenoxy) is 2. The molecule has 2 heterocycles. The zero-order valence-electron chi connectivity index (χ0n) is 15.4. The van der Waals surface area contributed by atoms with Crippen LogP contribution in [0, 0.1) is 24.7 Å². The van der Waals surface area contributed by atoms with Crippen molar-refractivity contribution in [3.05, 3.63) is 65.2 Å². The first-order valence-corrected chi connectivity index (χ1v) is 10.0. The van der Waals surface area contributed by atoms with Crippen molar-refractivity contribution in [2.45, 2.75) is 38.2 Å². The lowest BCUT2D eigenvalue weighted by Crippen LogP contribution is -2.65. The average Bonchev–Trinajstić information content (AvgIpc) is 3.29. The second-order valence-electron chi connectivity index (χ2n) is 8.54. The van der Waals surface area contributed by atoms with E-state index in [4.69, 9.17) is 9.47 Å². The van der Waals surface area contributed by atoms with Gasteiger partial charge in [-0.1, -0.05) is 42.0 Å². The number of carbonyl (C=O) groups is 1. The highest BCUT2D eigenvalue weighted by Crippen LogP contribution is 2.56. The van der Waals surface area contributed by atoms with Crippen LogP contribution in [0.3, 0.4) is 0 Å². The second kappa shape index (κ2) is 5.35. The van der Waals surface area contributed by atoms with Crippen molar-refractivity contribution < 1.29 is 14.3 Å². The lowest BCUT2D eigenvalue weighted by molar-refractivity contribution is -0.335. The molecule has 2 saturated carbocycles. The number of hydrogen-bond acceptors (Lipinski definition) is 3. The Morgan fingerprint density at radius 2 is 1.81 bits per heavy atom. The number of benzene rings is 2. The normalized spacial score (nSPS) is 36.0. The van der Waals surface area contributed by atoms with Gasteiger partial charge in [0.25, 0.3) is 5.91 Å². The lowest BCUT2D eigenvalue weighted by atomic mass is 9.83. The second-order valence-corrected chi connectivity index (χ2v) is 8.54. The van der Waals surface area contributed by atoms with E-state index in [2.05, 4.69) is 19.1 Å². The fourth-order valence-electron chi connectivity index (χ4n) is 5.74. The Kier molecular flexibility index (Phi) is 3.11. The van der Waals surface area contributed by atoms with Gasteiger partial charge in [0.15, 0.2) is 0 Å². The number of para-hydroxylation sites is 1. The molecule has 0 unspecified atom stereocenters. The Hall–Kier alpha value is -2.33. The Balaban J connectivity index is 1.52. The molecule has 1 amide bonds. The van der Waals surface area contributed by atoms with E-state index in [1.807, 2.05) is 41.3 Å². The summed E-state index contributed by atoms with van der Waals surface area (Å²) in [7, 11) is 0. The fraction of sp³-hybridized carbons (Fsp3) is 0.435. The van der Waals surface area contributed by atoms with Crippen molar-refractivity contribution in [1.29, 1.82) is 0 Å². The van der Waals surface area contributed by atoms with Crippen LogP contribution in [0.15, 0.2) is 48.5 Å². The van der Waals surface area contributed by atoms with E-state index >= 15 is 0 Å². The average molecular weight is 361 g/mol. The summed E-state index contributed by atoms with van der Waals surface area (Å²) in [5.41, 5.74) is 2.71. The molecule has 4 aliphatic rings. The molecular formula is C23H23NO3. The molecule has 138 valence electrons. The number of aryl methyl sites for hydroxylation is 1. The molecule has 2 aliphatic carbocycles. The molecule has 2 bridgehead atoms. The van der Waals surface area contributed by atoms with Crippen molar-refractivity contribution in [3.63, 3.8) is 0 Å². The third-order valence-corrected chi connectivity index (χ3v) is 7.08. The van der Waals surface area contributed by atoms with Gasteiger partial charge in [-0.05, 0) is 50.2 Å². The molecule has 27 heavy (non-hydrogen) atoms. The molecule has 6 rings (SSSR count). The molecule has 2 aliphatic heterocycles. The van der Waals surface area contributed by atoms with Crippen LogP contribution in [0.1, 0.15) is 40.7 Å². The third kappa shape index (κ3) is 2.05. The van der Waals surface area contributed by atoms with Crippen LogP contribution in [-0.4, -0.2) is 23.5 Å². The van der Waals surface area contributed by atoms with Crippen LogP contribution in [0.4, 0.5) is 0 Å². The Bertz CT molecular complexity index is 923. The van der Waals surface area contributed by atoms with E-state index in [0.29, 0.717) is 35.6 Å². The van der Waals surface area contributed by atoms with Gasteiger partial charge in [-0.15, -0.1) is 0 Å². The summed E-state index contributed by atoms with van der Waals surface area (Å²) in [6.45, 7) is 2.78. The highest BCUT2D eigenvalue weighted by atomic mass is 16.7. The molecule has 2 aromatic carbocycles. The maximum absolute atomic E-state index is 13.5. The summed E-state index contributed by atoms with van der Waals surface area (Å²) in [6.07, 6.45) is 3.92. The number of carbonyl (C=O) groups excluding carboxylic acids is 1. The molecule has 0 N–H and O–H groups in total.